The van der Waals surface area contributed by atoms with Gasteiger partial charge in [-0.15, -0.1) is 0 Å². The number of rotatable bonds is 5. The van der Waals surface area contributed by atoms with E-state index in [1.807, 2.05) is 26.0 Å². The average Bonchev–Trinajstić information content (AvgIpc) is 2.55. The first-order chi connectivity index (χ1) is 10.1. The fourth-order valence-corrected chi connectivity index (χ4v) is 2.23. The highest BCUT2D eigenvalue weighted by atomic mass is 16.2. The maximum atomic E-state index is 12.1. The molecule has 0 aliphatic carbocycles. The van der Waals surface area contributed by atoms with Crippen LogP contribution in [0.15, 0.2) is 18.3 Å². The van der Waals surface area contributed by atoms with Crippen LogP contribution in [0.5, 0.6) is 0 Å². The molecule has 1 saturated heterocycles. The van der Waals surface area contributed by atoms with Gasteiger partial charge in [-0.2, -0.15) is 0 Å². The number of nitrogens with one attached hydrogen (secondary N) is 1. The first-order valence-electron chi connectivity index (χ1n) is 7.35. The van der Waals surface area contributed by atoms with Crippen molar-refractivity contribution in [1.82, 2.24) is 15.2 Å². The molecule has 0 saturated carbocycles. The fraction of sp³-hybridized carbons (Fsp3) is 0.533. The van der Waals surface area contributed by atoms with E-state index in [1.165, 1.54) is 0 Å². The molecule has 2 rings (SSSR count). The second-order valence-electron chi connectivity index (χ2n) is 5.31. The van der Waals surface area contributed by atoms with Gasteiger partial charge in [0.2, 0.25) is 6.41 Å². The lowest BCUT2D eigenvalue weighted by atomic mass is 10.2. The summed E-state index contributed by atoms with van der Waals surface area (Å²) in [7, 11) is 0. The van der Waals surface area contributed by atoms with Crippen molar-refractivity contribution < 1.29 is 9.59 Å². The van der Waals surface area contributed by atoms with Gasteiger partial charge in [-0.25, -0.2) is 0 Å². The molecule has 1 atom stereocenters. The maximum absolute atomic E-state index is 12.1. The molecule has 6 nitrogen and oxygen atoms in total. The Bertz CT molecular complexity index is 498. The van der Waals surface area contributed by atoms with Gasteiger partial charge in [0, 0.05) is 44.1 Å². The quantitative estimate of drug-likeness (QED) is 0.818. The number of hydrogen-bond acceptors (Lipinski definition) is 4. The summed E-state index contributed by atoms with van der Waals surface area (Å²) in [5.41, 5.74) is 1.41. The van der Waals surface area contributed by atoms with Crippen LogP contribution >= 0.6 is 0 Å². The van der Waals surface area contributed by atoms with Gasteiger partial charge in [0.05, 0.1) is 0 Å². The minimum atomic E-state index is -0.141. The number of aromatic nitrogens is 1. The van der Waals surface area contributed by atoms with Crippen LogP contribution in [0.25, 0.3) is 0 Å². The van der Waals surface area contributed by atoms with E-state index >= 15 is 0 Å². The van der Waals surface area contributed by atoms with Crippen molar-refractivity contribution in [2.75, 3.05) is 31.1 Å². The van der Waals surface area contributed by atoms with Crippen LogP contribution in [0.3, 0.4) is 0 Å². The Morgan fingerprint density at radius 1 is 1.43 bits per heavy atom. The van der Waals surface area contributed by atoms with Crippen molar-refractivity contribution in [3.05, 3.63) is 24.0 Å². The maximum Gasteiger partial charge on any atom is 0.270 e. The Morgan fingerprint density at radius 2 is 2.14 bits per heavy atom. The van der Waals surface area contributed by atoms with Crippen LogP contribution in [-0.4, -0.2) is 54.4 Å². The molecule has 1 aromatic rings. The number of pyridine rings is 1. The van der Waals surface area contributed by atoms with E-state index in [1.54, 1.807) is 11.1 Å². The Morgan fingerprint density at radius 3 is 2.76 bits per heavy atom. The normalized spacial score (nSPS) is 16.5. The molecule has 0 bridgehead atoms. The number of piperazine rings is 1. The summed E-state index contributed by atoms with van der Waals surface area (Å²) in [5.74, 6) is -0.141. The molecule has 6 heteroatoms. The Balaban J connectivity index is 2.04. The smallest absolute Gasteiger partial charge is 0.270 e. The van der Waals surface area contributed by atoms with Gasteiger partial charge in [-0.1, -0.05) is 6.92 Å². The average molecular weight is 290 g/mol. The van der Waals surface area contributed by atoms with Crippen LogP contribution < -0.4 is 10.2 Å². The van der Waals surface area contributed by atoms with E-state index in [-0.39, 0.29) is 11.9 Å². The van der Waals surface area contributed by atoms with Crippen LogP contribution in [-0.2, 0) is 4.79 Å². The van der Waals surface area contributed by atoms with Gasteiger partial charge in [0.15, 0.2) is 0 Å². The number of nitrogens with zero attached hydrogens (tertiary/aromatic N) is 3. The molecular weight excluding hydrogens is 268 g/mol. The van der Waals surface area contributed by atoms with E-state index in [0.29, 0.717) is 18.8 Å². The molecule has 0 aromatic carbocycles. The number of amides is 2. The zero-order chi connectivity index (χ0) is 15.2. The lowest BCUT2D eigenvalue weighted by Gasteiger charge is -2.34. The van der Waals surface area contributed by atoms with E-state index in [2.05, 4.69) is 15.2 Å². The summed E-state index contributed by atoms with van der Waals surface area (Å²) >= 11 is 0. The van der Waals surface area contributed by atoms with Gasteiger partial charge in [-0.3, -0.25) is 14.6 Å². The SMILES string of the molecule is CCC(C)NC(=O)c1cc(N2CCN(C=O)CC2)ccn1. The van der Waals surface area contributed by atoms with Crippen molar-refractivity contribution in [2.45, 2.75) is 26.3 Å². The lowest BCUT2D eigenvalue weighted by Crippen LogP contribution is -2.45. The molecule has 114 valence electrons. The molecule has 1 aromatic heterocycles. The summed E-state index contributed by atoms with van der Waals surface area (Å²) in [4.78, 5) is 30.9. The number of hydrogen-bond donors (Lipinski definition) is 1. The van der Waals surface area contributed by atoms with Crippen molar-refractivity contribution in [1.29, 1.82) is 0 Å². The zero-order valence-electron chi connectivity index (χ0n) is 12.6. The first kappa shape index (κ1) is 15.3. The second-order valence-corrected chi connectivity index (χ2v) is 5.31. The Hall–Kier alpha value is -2.11. The van der Waals surface area contributed by atoms with Crippen molar-refractivity contribution >= 4 is 18.0 Å². The lowest BCUT2D eigenvalue weighted by molar-refractivity contribution is -0.118. The predicted molar refractivity (Wildman–Crippen MR) is 81.3 cm³/mol. The van der Waals surface area contributed by atoms with Crippen LogP contribution in [0.2, 0.25) is 0 Å². The topological polar surface area (TPSA) is 65.5 Å². The molecule has 1 aliphatic rings. The Kier molecular flexibility index (Phi) is 5.14. The third-order valence-corrected chi connectivity index (χ3v) is 3.79. The molecule has 2 amide bonds. The van der Waals surface area contributed by atoms with Crippen molar-refractivity contribution in [3.63, 3.8) is 0 Å². The molecule has 1 aliphatic heterocycles. The van der Waals surface area contributed by atoms with Gasteiger partial charge < -0.3 is 15.1 Å². The van der Waals surface area contributed by atoms with E-state index < -0.39 is 0 Å². The van der Waals surface area contributed by atoms with E-state index in [4.69, 9.17) is 0 Å². The second kappa shape index (κ2) is 7.06. The molecular formula is C15H22N4O2. The Labute approximate surface area is 125 Å². The monoisotopic (exact) mass is 290 g/mol. The number of anilines is 1. The number of carbonyl (C=O) groups is 2. The van der Waals surface area contributed by atoms with E-state index in [0.717, 1.165) is 31.6 Å². The standard InChI is InChI=1S/C15H22N4O2/c1-3-12(2)17-15(21)14-10-13(4-5-16-14)19-8-6-18(11-20)7-9-19/h4-5,10-12H,3,6-9H2,1-2H3,(H,17,21). The van der Waals surface area contributed by atoms with Gasteiger partial charge in [-0.05, 0) is 25.5 Å². The van der Waals surface area contributed by atoms with Crippen LogP contribution in [0.1, 0.15) is 30.8 Å². The summed E-state index contributed by atoms with van der Waals surface area (Å²) in [6, 6.07) is 3.85. The van der Waals surface area contributed by atoms with Gasteiger partial charge >= 0.3 is 0 Å². The summed E-state index contributed by atoms with van der Waals surface area (Å²) in [6.45, 7) is 6.96. The molecule has 21 heavy (non-hydrogen) atoms. The van der Waals surface area contributed by atoms with Crippen molar-refractivity contribution in [3.8, 4) is 0 Å². The highest BCUT2D eigenvalue weighted by Gasteiger charge is 2.17. The summed E-state index contributed by atoms with van der Waals surface area (Å²) in [6.07, 6.45) is 3.43. The minimum Gasteiger partial charge on any atom is -0.368 e. The largest absolute Gasteiger partial charge is 0.368 e. The fourth-order valence-electron chi connectivity index (χ4n) is 2.23. The molecule has 0 radical (unpaired) electrons. The van der Waals surface area contributed by atoms with Crippen LogP contribution in [0, 0.1) is 0 Å². The van der Waals surface area contributed by atoms with Gasteiger partial charge in [0.1, 0.15) is 5.69 Å². The molecule has 1 unspecified atom stereocenters. The molecule has 0 spiro atoms. The van der Waals surface area contributed by atoms with Crippen LogP contribution in [0.4, 0.5) is 5.69 Å². The minimum absolute atomic E-state index is 0.138. The van der Waals surface area contributed by atoms with Gasteiger partial charge in [0.25, 0.3) is 5.91 Å². The third kappa shape index (κ3) is 3.93. The molecule has 1 fully saturated rings. The summed E-state index contributed by atoms with van der Waals surface area (Å²) in [5, 5.41) is 2.92. The highest BCUT2D eigenvalue weighted by molar-refractivity contribution is 5.93. The highest BCUT2D eigenvalue weighted by Crippen LogP contribution is 2.16. The first-order valence-corrected chi connectivity index (χ1v) is 7.35. The number of carbonyl (C=O) groups excluding carboxylic acids is 2. The van der Waals surface area contributed by atoms with E-state index in [9.17, 15) is 9.59 Å². The molecule has 1 N–H and O–H groups in total. The summed E-state index contributed by atoms with van der Waals surface area (Å²) < 4.78 is 0. The third-order valence-electron chi connectivity index (χ3n) is 3.79. The predicted octanol–water partition coefficient (Wildman–Crippen LogP) is 0.888. The van der Waals surface area contributed by atoms with Crippen molar-refractivity contribution in [2.24, 2.45) is 0 Å². The zero-order valence-corrected chi connectivity index (χ0v) is 12.6. The molecule has 2 heterocycles.